The number of rotatable bonds is 6. The molecule has 0 radical (unpaired) electrons. The minimum atomic E-state index is -0.651. The van der Waals surface area contributed by atoms with Crippen molar-refractivity contribution in [3.05, 3.63) is 65.7 Å². The van der Waals surface area contributed by atoms with Gasteiger partial charge in [0, 0.05) is 11.4 Å². The van der Waals surface area contributed by atoms with Crippen molar-refractivity contribution in [3.8, 4) is 0 Å². The predicted molar refractivity (Wildman–Crippen MR) is 99.9 cm³/mol. The van der Waals surface area contributed by atoms with Crippen molar-refractivity contribution >= 4 is 29.3 Å². The molecule has 5 heteroatoms. The van der Waals surface area contributed by atoms with Crippen molar-refractivity contribution in [1.29, 1.82) is 0 Å². The quantitative estimate of drug-likeness (QED) is 0.786. The van der Waals surface area contributed by atoms with Crippen LogP contribution in [-0.2, 0) is 15.3 Å². The lowest BCUT2D eigenvalue weighted by atomic mass is 10.0. The van der Waals surface area contributed by atoms with E-state index in [2.05, 4.69) is 10.6 Å². The number of hydrogen-bond acceptors (Lipinski definition) is 3. The van der Waals surface area contributed by atoms with Gasteiger partial charge in [0.1, 0.15) is 0 Å². The van der Waals surface area contributed by atoms with E-state index in [1.807, 2.05) is 67.8 Å². The molecule has 0 spiro atoms. The Hall–Kier alpha value is -2.27. The van der Waals surface area contributed by atoms with Gasteiger partial charge in [0.2, 0.25) is 0 Å². The molecule has 2 aromatic carbocycles. The molecule has 0 saturated heterocycles. The van der Waals surface area contributed by atoms with Crippen molar-refractivity contribution in [2.24, 2.45) is 0 Å². The van der Waals surface area contributed by atoms with Crippen molar-refractivity contribution in [2.75, 3.05) is 11.6 Å². The molecule has 126 valence electrons. The van der Waals surface area contributed by atoms with E-state index in [0.29, 0.717) is 12.1 Å². The van der Waals surface area contributed by atoms with E-state index in [0.717, 1.165) is 11.3 Å². The monoisotopic (exact) mass is 342 g/mol. The molecule has 2 N–H and O–H groups in total. The van der Waals surface area contributed by atoms with Gasteiger partial charge >= 0.3 is 11.8 Å². The molecule has 0 aliphatic carbocycles. The Bertz CT molecular complexity index is 672. The normalized spacial score (nSPS) is 11.6. The van der Waals surface area contributed by atoms with E-state index in [9.17, 15) is 9.59 Å². The summed E-state index contributed by atoms with van der Waals surface area (Å²) in [7, 11) is 0. The third-order valence-electron chi connectivity index (χ3n) is 3.64. The summed E-state index contributed by atoms with van der Waals surface area (Å²) in [5, 5.41) is 5.41. The van der Waals surface area contributed by atoms with E-state index in [1.165, 1.54) is 5.56 Å². The Morgan fingerprint density at radius 2 is 1.67 bits per heavy atom. The van der Waals surface area contributed by atoms with Crippen LogP contribution >= 0.6 is 11.8 Å². The van der Waals surface area contributed by atoms with Crippen LogP contribution in [0.3, 0.4) is 0 Å². The number of thioether (sulfide) groups is 1. The Balaban J connectivity index is 1.95. The van der Waals surface area contributed by atoms with Crippen molar-refractivity contribution in [2.45, 2.75) is 25.1 Å². The van der Waals surface area contributed by atoms with E-state index in [-0.39, 0.29) is 6.04 Å². The van der Waals surface area contributed by atoms with Crippen LogP contribution in [0, 0.1) is 0 Å². The number of amides is 2. The molecule has 0 fully saturated rings. The van der Waals surface area contributed by atoms with E-state index >= 15 is 0 Å². The lowest BCUT2D eigenvalue weighted by molar-refractivity contribution is -0.136. The Morgan fingerprint density at radius 3 is 2.25 bits per heavy atom. The van der Waals surface area contributed by atoms with Crippen LogP contribution < -0.4 is 10.6 Å². The van der Waals surface area contributed by atoms with Gasteiger partial charge in [-0.1, -0.05) is 49.4 Å². The first-order chi connectivity index (χ1) is 11.6. The van der Waals surface area contributed by atoms with Gasteiger partial charge in [0.05, 0.1) is 6.04 Å². The molecule has 0 aliphatic rings. The molecule has 24 heavy (non-hydrogen) atoms. The molecule has 2 rings (SSSR count). The second kappa shape index (κ2) is 9.13. The summed E-state index contributed by atoms with van der Waals surface area (Å²) in [5.41, 5.74) is 2.79. The molecule has 2 amide bonds. The molecule has 2 aromatic rings. The van der Waals surface area contributed by atoms with Gasteiger partial charge in [-0.05, 0) is 35.9 Å². The molecule has 0 saturated carbocycles. The predicted octanol–water partition coefficient (Wildman–Crippen LogP) is 3.76. The second-order valence-corrected chi connectivity index (χ2v) is 6.30. The highest BCUT2D eigenvalue weighted by molar-refractivity contribution is 7.97. The lowest BCUT2D eigenvalue weighted by Crippen LogP contribution is -2.37. The number of hydrogen-bond donors (Lipinski definition) is 2. The maximum absolute atomic E-state index is 12.1. The van der Waals surface area contributed by atoms with E-state index in [4.69, 9.17) is 0 Å². The summed E-state index contributed by atoms with van der Waals surface area (Å²) in [6, 6.07) is 17.0. The van der Waals surface area contributed by atoms with Crippen LogP contribution in [0.1, 0.15) is 30.5 Å². The maximum atomic E-state index is 12.1. The van der Waals surface area contributed by atoms with Gasteiger partial charge in [-0.2, -0.15) is 11.8 Å². The first-order valence-electron chi connectivity index (χ1n) is 7.88. The summed E-state index contributed by atoms with van der Waals surface area (Å²) >= 11 is 1.74. The zero-order chi connectivity index (χ0) is 17.4. The number of nitrogens with one attached hydrogen (secondary N) is 2. The van der Waals surface area contributed by atoms with Gasteiger partial charge in [0.15, 0.2) is 0 Å². The average molecular weight is 342 g/mol. The number of carbonyl (C=O) groups is 2. The Morgan fingerprint density at radius 1 is 1.00 bits per heavy atom. The van der Waals surface area contributed by atoms with Gasteiger partial charge in [-0.15, -0.1) is 0 Å². The fourth-order valence-corrected chi connectivity index (χ4v) is 2.89. The van der Waals surface area contributed by atoms with Crippen LogP contribution in [-0.4, -0.2) is 18.1 Å². The van der Waals surface area contributed by atoms with Crippen molar-refractivity contribution < 1.29 is 9.59 Å². The molecule has 4 nitrogen and oxygen atoms in total. The second-order valence-electron chi connectivity index (χ2n) is 5.43. The highest BCUT2D eigenvalue weighted by atomic mass is 32.2. The molecular weight excluding hydrogens is 320 g/mol. The first-order valence-corrected chi connectivity index (χ1v) is 9.28. The van der Waals surface area contributed by atoms with Crippen molar-refractivity contribution in [1.82, 2.24) is 5.32 Å². The first kappa shape index (κ1) is 18.1. The molecule has 1 atom stereocenters. The highest BCUT2D eigenvalue weighted by Gasteiger charge is 2.18. The minimum absolute atomic E-state index is 0.173. The van der Waals surface area contributed by atoms with Gasteiger partial charge in [0.25, 0.3) is 0 Å². The molecule has 0 bridgehead atoms. The van der Waals surface area contributed by atoms with E-state index < -0.39 is 11.8 Å². The summed E-state index contributed by atoms with van der Waals surface area (Å²) in [6.45, 7) is 1.97. The molecule has 0 aliphatic heterocycles. The summed E-state index contributed by atoms with van der Waals surface area (Å²) in [5.74, 6) is -0.356. The molecule has 0 aromatic heterocycles. The zero-order valence-corrected chi connectivity index (χ0v) is 14.7. The van der Waals surface area contributed by atoms with Crippen LogP contribution in [0.5, 0.6) is 0 Å². The van der Waals surface area contributed by atoms with Crippen molar-refractivity contribution in [3.63, 3.8) is 0 Å². The minimum Gasteiger partial charge on any atom is -0.341 e. The topological polar surface area (TPSA) is 58.2 Å². The number of carbonyl (C=O) groups excluding carboxylic acids is 2. The largest absolute Gasteiger partial charge is 0.341 e. The van der Waals surface area contributed by atoms with Crippen LogP contribution in [0.4, 0.5) is 5.69 Å². The number of anilines is 1. The smallest absolute Gasteiger partial charge is 0.313 e. The Labute approximate surface area is 147 Å². The van der Waals surface area contributed by atoms with E-state index in [1.54, 1.807) is 11.8 Å². The van der Waals surface area contributed by atoms with Gasteiger partial charge in [-0.3, -0.25) is 9.59 Å². The summed E-state index contributed by atoms with van der Waals surface area (Å²) in [4.78, 5) is 24.2. The lowest BCUT2D eigenvalue weighted by Gasteiger charge is -2.17. The maximum Gasteiger partial charge on any atom is 0.313 e. The third kappa shape index (κ3) is 5.13. The summed E-state index contributed by atoms with van der Waals surface area (Å²) in [6.07, 6.45) is 2.75. The fraction of sp³-hybridized carbons (Fsp3) is 0.263. The molecule has 0 heterocycles. The Kier molecular flexibility index (Phi) is 6.88. The van der Waals surface area contributed by atoms with Crippen LogP contribution in [0.2, 0.25) is 0 Å². The molecular formula is C19H22N2O2S. The standard InChI is InChI=1S/C19H22N2O2S/c1-3-17(15-7-5-4-6-8-15)21-19(23)18(22)20-16-11-9-14(10-12-16)13-24-2/h4-12,17H,3,13H2,1-2H3,(H,20,22)(H,21,23)/t17-/m1/s1. The highest BCUT2D eigenvalue weighted by Crippen LogP contribution is 2.16. The van der Waals surface area contributed by atoms with Crippen LogP contribution in [0.15, 0.2) is 54.6 Å². The van der Waals surface area contributed by atoms with Gasteiger partial charge in [-0.25, -0.2) is 0 Å². The fourth-order valence-electron chi connectivity index (χ4n) is 2.37. The average Bonchev–Trinajstić information content (AvgIpc) is 2.62. The summed E-state index contributed by atoms with van der Waals surface area (Å²) < 4.78 is 0. The molecule has 0 unspecified atom stereocenters. The number of benzene rings is 2. The SMILES string of the molecule is CC[C@@H](NC(=O)C(=O)Nc1ccc(CSC)cc1)c1ccccc1. The van der Waals surface area contributed by atoms with Gasteiger partial charge < -0.3 is 10.6 Å². The zero-order valence-electron chi connectivity index (χ0n) is 13.9. The van der Waals surface area contributed by atoms with Crippen LogP contribution in [0.25, 0.3) is 0 Å². The third-order valence-corrected chi connectivity index (χ3v) is 4.27.